The van der Waals surface area contributed by atoms with Gasteiger partial charge in [0.1, 0.15) is 23.0 Å². The summed E-state index contributed by atoms with van der Waals surface area (Å²) in [4.78, 5) is 11.7. The largest absolute Gasteiger partial charge is 0.399 e. The van der Waals surface area contributed by atoms with Gasteiger partial charge in [-0.05, 0) is 17.7 Å². The second kappa shape index (κ2) is 5.64. The molecule has 0 aliphatic carbocycles. The lowest BCUT2D eigenvalue weighted by Crippen LogP contribution is -2.25. The Morgan fingerprint density at radius 2 is 1.75 bits per heavy atom. The molecule has 0 saturated heterocycles. The molecule has 2 rings (SSSR count). The van der Waals surface area contributed by atoms with Gasteiger partial charge in [-0.15, -0.1) is 0 Å². The fourth-order valence-electron chi connectivity index (χ4n) is 1.73. The molecule has 0 aliphatic rings. The monoisotopic (exact) mass is 280 g/mol. The molecule has 0 unspecified atom stereocenters. The van der Waals surface area contributed by atoms with E-state index in [-0.39, 0.29) is 6.54 Å². The maximum absolute atomic E-state index is 13.4. The fourth-order valence-corrected chi connectivity index (χ4v) is 1.73. The Bertz CT molecular complexity index is 636. The van der Waals surface area contributed by atoms with Crippen molar-refractivity contribution in [2.24, 2.45) is 0 Å². The highest BCUT2D eigenvalue weighted by atomic mass is 19.1. The highest BCUT2D eigenvalue weighted by molar-refractivity contribution is 5.94. The fraction of sp³-hybridized carbons (Fsp3) is 0.0714. The second-order valence-electron chi connectivity index (χ2n) is 4.17. The smallest absolute Gasteiger partial charge is 0.257 e. The number of halogens is 3. The Labute approximate surface area is 113 Å². The van der Waals surface area contributed by atoms with Crippen LogP contribution in [0.1, 0.15) is 15.9 Å². The van der Waals surface area contributed by atoms with Gasteiger partial charge < -0.3 is 11.1 Å². The van der Waals surface area contributed by atoms with Crippen molar-refractivity contribution in [1.82, 2.24) is 5.32 Å². The number of rotatable bonds is 3. The highest BCUT2D eigenvalue weighted by Gasteiger charge is 2.18. The maximum atomic E-state index is 13.4. The predicted octanol–water partition coefficient (Wildman–Crippen LogP) is 2.62. The van der Waals surface area contributed by atoms with E-state index >= 15 is 0 Å². The highest BCUT2D eigenvalue weighted by Crippen LogP contribution is 2.15. The standard InChI is InChI=1S/C14H11F3N2O/c15-9-5-11(16)13(12(17)6-9)14(20)19-7-8-2-1-3-10(18)4-8/h1-6H,7,18H2,(H,19,20). The Kier molecular flexibility index (Phi) is 3.93. The number of amides is 1. The molecule has 6 heteroatoms. The van der Waals surface area contributed by atoms with Gasteiger partial charge in [-0.25, -0.2) is 13.2 Å². The number of nitrogens with one attached hydrogen (secondary N) is 1. The molecule has 0 aliphatic heterocycles. The summed E-state index contributed by atoms with van der Waals surface area (Å²) in [5.41, 5.74) is 5.95. The van der Waals surface area contributed by atoms with Crippen LogP contribution in [-0.2, 0) is 6.54 Å². The molecule has 2 aromatic rings. The van der Waals surface area contributed by atoms with Crippen molar-refractivity contribution >= 4 is 11.6 Å². The number of nitrogens with two attached hydrogens (primary N) is 1. The molecule has 0 spiro atoms. The molecule has 0 radical (unpaired) electrons. The lowest BCUT2D eigenvalue weighted by molar-refractivity contribution is 0.0942. The van der Waals surface area contributed by atoms with E-state index in [0.717, 1.165) is 0 Å². The Hall–Kier alpha value is -2.50. The van der Waals surface area contributed by atoms with Crippen LogP contribution in [0.5, 0.6) is 0 Å². The zero-order valence-corrected chi connectivity index (χ0v) is 10.3. The summed E-state index contributed by atoms with van der Waals surface area (Å²) in [6, 6.07) is 7.60. The van der Waals surface area contributed by atoms with Gasteiger partial charge in [-0.1, -0.05) is 12.1 Å². The summed E-state index contributed by atoms with van der Waals surface area (Å²) in [6.45, 7) is 0.0557. The Balaban J connectivity index is 2.13. The second-order valence-corrected chi connectivity index (χ2v) is 4.17. The van der Waals surface area contributed by atoms with Crippen LogP contribution in [0.15, 0.2) is 36.4 Å². The lowest BCUT2D eigenvalue weighted by Gasteiger charge is -2.08. The van der Waals surface area contributed by atoms with Gasteiger partial charge in [0.15, 0.2) is 0 Å². The molecule has 0 saturated carbocycles. The van der Waals surface area contributed by atoms with E-state index in [1.807, 2.05) is 0 Å². The number of benzene rings is 2. The van der Waals surface area contributed by atoms with Gasteiger partial charge >= 0.3 is 0 Å². The normalized spacial score (nSPS) is 10.3. The molecule has 104 valence electrons. The van der Waals surface area contributed by atoms with Gasteiger partial charge in [0.05, 0.1) is 0 Å². The molecule has 0 aromatic heterocycles. The number of hydrogen-bond donors (Lipinski definition) is 2. The van der Waals surface area contributed by atoms with E-state index in [2.05, 4.69) is 5.32 Å². The summed E-state index contributed by atoms with van der Waals surface area (Å²) < 4.78 is 39.5. The number of anilines is 1. The maximum Gasteiger partial charge on any atom is 0.257 e. The van der Waals surface area contributed by atoms with Crippen LogP contribution in [0.25, 0.3) is 0 Å². The van der Waals surface area contributed by atoms with E-state index in [0.29, 0.717) is 23.4 Å². The van der Waals surface area contributed by atoms with Crippen molar-refractivity contribution in [3.8, 4) is 0 Å². The van der Waals surface area contributed by atoms with E-state index in [1.165, 1.54) is 0 Å². The molecule has 3 N–H and O–H groups in total. The summed E-state index contributed by atoms with van der Waals surface area (Å²) in [7, 11) is 0. The van der Waals surface area contributed by atoms with Gasteiger partial charge in [-0.2, -0.15) is 0 Å². The number of carbonyl (C=O) groups excluding carboxylic acids is 1. The third kappa shape index (κ3) is 3.09. The van der Waals surface area contributed by atoms with Crippen LogP contribution < -0.4 is 11.1 Å². The first-order chi connectivity index (χ1) is 9.47. The SMILES string of the molecule is Nc1cccc(CNC(=O)c2c(F)cc(F)cc2F)c1. The first-order valence-electron chi connectivity index (χ1n) is 5.74. The predicted molar refractivity (Wildman–Crippen MR) is 68.3 cm³/mol. The summed E-state index contributed by atoms with van der Waals surface area (Å²) in [6.07, 6.45) is 0. The average Bonchev–Trinajstić information content (AvgIpc) is 2.35. The first-order valence-corrected chi connectivity index (χ1v) is 5.74. The number of carbonyl (C=O) groups is 1. The third-order valence-electron chi connectivity index (χ3n) is 2.64. The summed E-state index contributed by atoms with van der Waals surface area (Å²) >= 11 is 0. The average molecular weight is 280 g/mol. The molecule has 3 nitrogen and oxygen atoms in total. The van der Waals surface area contributed by atoms with Gasteiger partial charge in [-0.3, -0.25) is 4.79 Å². The quantitative estimate of drug-likeness (QED) is 0.849. The van der Waals surface area contributed by atoms with E-state index in [9.17, 15) is 18.0 Å². The van der Waals surface area contributed by atoms with Crippen molar-refractivity contribution < 1.29 is 18.0 Å². The summed E-state index contributed by atoms with van der Waals surface area (Å²) in [5.74, 6) is -4.52. The zero-order chi connectivity index (χ0) is 14.7. The minimum atomic E-state index is -1.24. The molecule has 0 atom stereocenters. The first kappa shape index (κ1) is 13.9. The number of hydrogen-bond acceptors (Lipinski definition) is 2. The topological polar surface area (TPSA) is 55.1 Å². The van der Waals surface area contributed by atoms with E-state index in [1.54, 1.807) is 24.3 Å². The van der Waals surface area contributed by atoms with E-state index < -0.39 is 28.9 Å². The third-order valence-corrected chi connectivity index (χ3v) is 2.64. The molecule has 1 amide bonds. The van der Waals surface area contributed by atoms with Crippen molar-refractivity contribution in [1.29, 1.82) is 0 Å². The van der Waals surface area contributed by atoms with Gasteiger partial charge in [0.2, 0.25) is 0 Å². The molecular formula is C14H11F3N2O. The zero-order valence-electron chi connectivity index (χ0n) is 10.3. The molecule has 2 aromatic carbocycles. The van der Waals surface area contributed by atoms with Crippen LogP contribution in [0.2, 0.25) is 0 Å². The molecular weight excluding hydrogens is 269 g/mol. The van der Waals surface area contributed by atoms with Gasteiger partial charge in [0, 0.05) is 24.4 Å². The van der Waals surface area contributed by atoms with E-state index in [4.69, 9.17) is 5.73 Å². The molecule has 20 heavy (non-hydrogen) atoms. The molecule has 0 bridgehead atoms. The molecule has 0 heterocycles. The van der Waals surface area contributed by atoms with Crippen molar-refractivity contribution in [3.05, 3.63) is 65.0 Å². The van der Waals surface area contributed by atoms with Crippen LogP contribution in [0.4, 0.5) is 18.9 Å². The van der Waals surface area contributed by atoms with Crippen molar-refractivity contribution in [2.75, 3.05) is 5.73 Å². The van der Waals surface area contributed by atoms with Crippen LogP contribution in [0.3, 0.4) is 0 Å². The van der Waals surface area contributed by atoms with Gasteiger partial charge in [0.25, 0.3) is 5.91 Å². The Morgan fingerprint density at radius 3 is 2.35 bits per heavy atom. The lowest BCUT2D eigenvalue weighted by atomic mass is 10.1. The Morgan fingerprint density at radius 1 is 1.10 bits per heavy atom. The minimum Gasteiger partial charge on any atom is -0.399 e. The summed E-state index contributed by atoms with van der Waals surface area (Å²) in [5, 5.41) is 2.35. The number of nitrogen functional groups attached to an aromatic ring is 1. The van der Waals surface area contributed by atoms with Crippen LogP contribution in [0, 0.1) is 17.5 Å². The van der Waals surface area contributed by atoms with Crippen molar-refractivity contribution in [2.45, 2.75) is 6.54 Å². The van der Waals surface area contributed by atoms with Crippen molar-refractivity contribution in [3.63, 3.8) is 0 Å². The minimum absolute atomic E-state index is 0.0557. The van der Waals surface area contributed by atoms with Crippen LogP contribution >= 0.6 is 0 Å². The van der Waals surface area contributed by atoms with Crippen LogP contribution in [-0.4, -0.2) is 5.91 Å². The molecule has 0 fully saturated rings.